The molecule has 1 aliphatic heterocycles. The van der Waals surface area contributed by atoms with Crippen molar-refractivity contribution in [3.05, 3.63) is 59.7 Å². The van der Waals surface area contributed by atoms with Gasteiger partial charge in [-0.3, -0.25) is 0 Å². The van der Waals surface area contributed by atoms with Crippen LogP contribution in [0.25, 0.3) is 0 Å². The molecule has 0 bridgehead atoms. The molecule has 1 aliphatic rings. The molecule has 0 saturated heterocycles. The van der Waals surface area contributed by atoms with Gasteiger partial charge in [0, 0.05) is 18.7 Å². The van der Waals surface area contributed by atoms with Crippen LogP contribution in [0.4, 0.5) is 0 Å². The lowest BCUT2D eigenvalue weighted by Gasteiger charge is -2.25. The predicted molar refractivity (Wildman–Crippen MR) is 85.2 cm³/mol. The summed E-state index contributed by atoms with van der Waals surface area (Å²) in [6.07, 6.45) is 0. The highest BCUT2D eigenvalue weighted by molar-refractivity contribution is 5.40. The minimum atomic E-state index is -1.06. The van der Waals surface area contributed by atoms with Crippen LogP contribution >= 0.6 is 0 Å². The smallest absolute Gasteiger partial charge is 0.123 e. The lowest BCUT2D eigenvalue weighted by Crippen LogP contribution is -2.29. The molecule has 0 aromatic heterocycles. The van der Waals surface area contributed by atoms with Crippen LogP contribution in [-0.2, 0) is 12.1 Å². The average Bonchev–Trinajstić information content (AvgIpc) is 2.78. The van der Waals surface area contributed by atoms with Crippen molar-refractivity contribution in [1.29, 1.82) is 0 Å². The Morgan fingerprint density at radius 2 is 2.05 bits per heavy atom. The summed E-state index contributed by atoms with van der Waals surface area (Å²) in [5.41, 5.74) is 0.835. The molecule has 0 amide bonds. The van der Waals surface area contributed by atoms with Gasteiger partial charge in [0.2, 0.25) is 0 Å². The number of para-hydroxylation sites is 1. The summed E-state index contributed by atoms with van der Waals surface area (Å²) in [5.74, 6) is 1.64. The maximum absolute atomic E-state index is 10.7. The summed E-state index contributed by atoms with van der Waals surface area (Å²) >= 11 is 0. The van der Waals surface area contributed by atoms with Gasteiger partial charge in [-0.05, 0) is 36.8 Å². The van der Waals surface area contributed by atoms with Crippen LogP contribution in [0.3, 0.4) is 0 Å². The molecule has 0 spiro atoms. The molecule has 1 heterocycles. The third-order valence-corrected chi connectivity index (χ3v) is 3.80. The van der Waals surface area contributed by atoms with Crippen molar-refractivity contribution in [3.63, 3.8) is 0 Å². The van der Waals surface area contributed by atoms with E-state index in [9.17, 15) is 5.11 Å². The maximum atomic E-state index is 10.7. The Morgan fingerprint density at radius 3 is 2.86 bits per heavy atom. The van der Waals surface area contributed by atoms with Crippen LogP contribution in [0.15, 0.2) is 48.5 Å². The van der Waals surface area contributed by atoms with Crippen molar-refractivity contribution in [2.75, 3.05) is 19.8 Å². The van der Waals surface area contributed by atoms with Gasteiger partial charge in [0.25, 0.3) is 0 Å². The second-order valence-electron chi connectivity index (χ2n) is 5.72. The summed E-state index contributed by atoms with van der Waals surface area (Å²) in [6.45, 7) is 4.21. The first-order valence-electron chi connectivity index (χ1n) is 7.52. The standard InChI is InChI=1S/C18H21NO3/c1-18(20,13-22-16-5-3-2-4-6-16)15-7-8-17-14(11-15)12-19-9-10-21-17/h2-8,11,19-20H,9-10,12-13H2,1H3. The van der Waals surface area contributed by atoms with Gasteiger partial charge in [0.1, 0.15) is 30.3 Å². The topological polar surface area (TPSA) is 50.7 Å². The van der Waals surface area contributed by atoms with Crippen molar-refractivity contribution in [2.24, 2.45) is 0 Å². The van der Waals surface area contributed by atoms with E-state index in [-0.39, 0.29) is 6.61 Å². The fraction of sp³-hybridized carbons (Fsp3) is 0.333. The normalized spacial score (nSPS) is 16.8. The Hall–Kier alpha value is -2.04. The number of nitrogens with one attached hydrogen (secondary N) is 1. The molecular formula is C18H21NO3. The van der Waals surface area contributed by atoms with E-state index in [2.05, 4.69) is 5.32 Å². The lowest BCUT2D eigenvalue weighted by molar-refractivity contribution is 0.00750. The maximum Gasteiger partial charge on any atom is 0.123 e. The molecule has 2 N–H and O–H groups in total. The van der Waals surface area contributed by atoms with Crippen LogP contribution in [-0.4, -0.2) is 24.9 Å². The molecule has 0 fully saturated rings. The molecule has 4 nitrogen and oxygen atoms in total. The van der Waals surface area contributed by atoms with Gasteiger partial charge in [-0.2, -0.15) is 0 Å². The zero-order chi connectivity index (χ0) is 15.4. The molecule has 22 heavy (non-hydrogen) atoms. The van der Waals surface area contributed by atoms with E-state index >= 15 is 0 Å². The average molecular weight is 299 g/mol. The van der Waals surface area contributed by atoms with Crippen molar-refractivity contribution in [2.45, 2.75) is 19.1 Å². The fourth-order valence-corrected chi connectivity index (χ4v) is 2.47. The van der Waals surface area contributed by atoms with Crippen LogP contribution in [0.1, 0.15) is 18.1 Å². The first-order valence-corrected chi connectivity index (χ1v) is 7.52. The largest absolute Gasteiger partial charge is 0.492 e. The van der Waals surface area contributed by atoms with Crippen LogP contribution < -0.4 is 14.8 Å². The van der Waals surface area contributed by atoms with E-state index in [0.29, 0.717) is 6.61 Å². The molecule has 3 rings (SSSR count). The predicted octanol–water partition coefficient (Wildman–Crippen LogP) is 2.46. The number of hydrogen-bond donors (Lipinski definition) is 2. The highest BCUT2D eigenvalue weighted by atomic mass is 16.5. The molecular weight excluding hydrogens is 278 g/mol. The van der Waals surface area contributed by atoms with Crippen LogP contribution in [0.5, 0.6) is 11.5 Å². The fourth-order valence-electron chi connectivity index (χ4n) is 2.47. The van der Waals surface area contributed by atoms with E-state index < -0.39 is 5.60 Å². The van der Waals surface area contributed by atoms with E-state index in [4.69, 9.17) is 9.47 Å². The SMILES string of the molecule is CC(O)(COc1ccccc1)c1ccc2c(c1)CNCCO2. The third kappa shape index (κ3) is 3.40. The molecule has 1 unspecified atom stereocenters. The van der Waals surface area contributed by atoms with E-state index in [1.54, 1.807) is 6.92 Å². The lowest BCUT2D eigenvalue weighted by atomic mass is 9.95. The summed E-state index contributed by atoms with van der Waals surface area (Å²) in [7, 11) is 0. The first kappa shape index (κ1) is 14.9. The monoisotopic (exact) mass is 299 g/mol. The van der Waals surface area contributed by atoms with Crippen molar-refractivity contribution in [3.8, 4) is 11.5 Å². The molecule has 0 radical (unpaired) electrons. The van der Waals surface area contributed by atoms with Gasteiger partial charge in [-0.1, -0.05) is 24.3 Å². The number of aliphatic hydroxyl groups is 1. The van der Waals surface area contributed by atoms with Crippen LogP contribution in [0, 0.1) is 0 Å². The Balaban J connectivity index is 1.75. The Kier molecular flexibility index (Phi) is 4.32. The summed E-state index contributed by atoms with van der Waals surface area (Å²) in [4.78, 5) is 0. The molecule has 0 aliphatic carbocycles. The Bertz CT molecular complexity index is 625. The van der Waals surface area contributed by atoms with Crippen molar-refractivity contribution < 1.29 is 14.6 Å². The van der Waals surface area contributed by atoms with Gasteiger partial charge in [0.15, 0.2) is 0 Å². The van der Waals surface area contributed by atoms with Gasteiger partial charge in [-0.25, -0.2) is 0 Å². The minimum absolute atomic E-state index is 0.198. The van der Waals surface area contributed by atoms with Crippen molar-refractivity contribution in [1.82, 2.24) is 5.32 Å². The molecule has 0 saturated carbocycles. The Morgan fingerprint density at radius 1 is 1.23 bits per heavy atom. The molecule has 2 aromatic carbocycles. The molecule has 1 atom stereocenters. The Labute approximate surface area is 130 Å². The number of ether oxygens (including phenoxy) is 2. The first-order chi connectivity index (χ1) is 10.6. The van der Waals surface area contributed by atoms with E-state index in [0.717, 1.165) is 35.7 Å². The third-order valence-electron chi connectivity index (χ3n) is 3.80. The summed E-state index contributed by atoms with van der Waals surface area (Å²) in [5, 5.41) is 14.0. The molecule has 116 valence electrons. The van der Waals surface area contributed by atoms with Crippen molar-refractivity contribution >= 4 is 0 Å². The summed E-state index contributed by atoms with van der Waals surface area (Å²) < 4.78 is 11.4. The zero-order valence-corrected chi connectivity index (χ0v) is 12.7. The number of rotatable bonds is 4. The summed E-state index contributed by atoms with van der Waals surface area (Å²) in [6, 6.07) is 15.3. The van der Waals surface area contributed by atoms with Gasteiger partial charge >= 0.3 is 0 Å². The van der Waals surface area contributed by atoms with Crippen LogP contribution in [0.2, 0.25) is 0 Å². The number of hydrogen-bond acceptors (Lipinski definition) is 4. The quantitative estimate of drug-likeness (QED) is 0.910. The minimum Gasteiger partial charge on any atom is -0.492 e. The second kappa shape index (κ2) is 6.38. The highest BCUT2D eigenvalue weighted by Gasteiger charge is 2.25. The highest BCUT2D eigenvalue weighted by Crippen LogP contribution is 2.28. The zero-order valence-electron chi connectivity index (χ0n) is 12.7. The number of fused-ring (bicyclic) bond motifs is 1. The second-order valence-corrected chi connectivity index (χ2v) is 5.72. The van der Waals surface area contributed by atoms with Gasteiger partial charge in [-0.15, -0.1) is 0 Å². The number of benzene rings is 2. The molecule has 4 heteroatoms. The van der Waals surface area contributed by atoms with Gasteiger partial charge < -0.3 is 19.9 Å². The van der Waals surface area contributed by atoms with E-state index in [1.165, 1.54) is 0 Å². The van der Waals surface area contributed by atoms with Gasteiger partial charge in [0.05, 0.1) is 0 Å². The molecule has 2 aromatic rings. The van der Waals surface area contributed by atoms with E-state index in [1.807, 2.05) is 48.5 Å².